The summed E-state index contributed by atoms with van der Waals surface area (Å²) in [4.78, 5) is 16.8. The first kappa shape index (κ1) is 13.9. The van der Waals surface area contributed by atoms with Crippen LogP contribution in [0.1, 0.15) is 29.8 Å². The number of hydrogen-bond acceptors (Lipinski definition) is 3. The molecule has 0 aliphatic carbocycles. The van der Waals surface area contributed by atoms with Gasteiger partial charge < -0.3 is 10.6 Å². The highest BCUT2D eigenvalue weighted by molar-refractivity contribution is 5.95. The van der Waals surface area contributed by atoms with E-state index >= 15 is 0 Å². The van der Waals surface area contributed by atoms with Crippen molar-refractivity contribution in [1.29, 1.82) is 0 Å². The molecule has 1 fully saturated rings. The van der Waals surface area contributed by atoms with Crippen LogP contribution >= 0.6 is 0 Å². The summed E-state index contributed by atoms with van der Waals surface area (Å²) < 4.78 is 0. The Morgan fingerprint density at radius 2 is 1.79 bits per heavy atom. The number of nitrogens with two attached hydrogens (primary N) is 1. The SMILES string of the molecule is Cc1cc(N)cc(C(=O)N2CC(C)N(C)C(C)C2)c1. The fraction of sp³-hybridized carbons (Fsp3) is 0.533. The minimum absolute atomic E-state index is 0.0854. The van der Waals surface area contributed by atoms with Gasteiger partial charge in [0.1, 0.15) is 0 Å². The Hall–Kier alpha value is -1.55. The van der Waals surface area contributed by atoms with E-state index in [0.717, 1.165) is 18.7 Å². The van der Waals surface area contributed by atoms with Crippen LogP contribution in [0.3, 0.4) is 0 Å². The first-order valence-corrected chi connectivity index (χ1v) is 6.77. The molecular weight excluding hydrogens is 238 g/mol. The van der Waals surface area contributed by atoms with Crippen molar-refractivity contribution in [3.05, 3.63) is 29.3 Å². The lowest BCUT2D eigenvalue weighted by Crippen LogP contribution is -2.56. The second-order valence-electron chi connectivity index (χ2n) is 5.71. The van der Waals surface area contributed by atoms with E-state index in [1.165, 1.54) is 0 Å². The Bertz CT molecular complexity index is 454. The third kappa shape index (κ3) is 2.89. The van der Waals surface area contributed by atoms with Gasteiger partial charge in [0.05, 0.1) is 0 Å². The van der Waals surface area contributed by atoms with Crippen molar-refractivity contribution in [2.45, 2.75) is 32.9 Å². The van der Waals surface area contributed by atoms with Gasteiger partial charge in [0.25, 0.3) is 5.91 Å². The largest absolute Gasteiger partial charge is 0.399 e. The van der Waals surface area contributed by atoms with Crippen LogP contribution in [0.15, 0.2) is 18.2 Å². The number of carbonyl (C=O) groups excluding carboxylic acids is 1. The van der Waals surface area contributed by atoms with Gasteiger partial charge in [-0.3, -0.25) is 9.69 Å². The summed E-state index contributed by atoms with van der Waals surface area (Å²) in [5.74, 6) is 0.0854. The summed E-state index contributed by atoms with van der Waals surface area (Å²) in [5.41, 5.74) is 8.20. The van der Waals surface area contributed by atoms with Crippen molar-refractivity contribution in [1.82, 2.24) is 9.80 Å². The molecule has 0 radical (unpaired) electrons. The third-order valence-electron chi connectivity index (χ3n) is 3.99. The van der Waals surface area contributed by atoms with Gasteiger partial charge in [0.15, 0.2) is 0 Å². The molecular formula is C15H23N3O. The van der Waals surface area contributed by atoms with Crippen molar-refractivity contribution >= 4 is 11.6 Å². The Labute approximate surface area is 115 Å². The minimum atomic E-state index is 0.0854. The summed E-state index contributed by atoms with van der Waals surface area (Å²) in [6.07, 6.45) is 0. The second-order valence-corrected chi connectivity index (χ2v) is 5.71. The van der Waals surface area contributed by atoms with Crippen molar-refractivity contribution < 1.29 is 4.79 Å². The molecule has 19 heavy (non-hydrogen) atoms. The number of anilines is 1. The number of rotatable bonds is 1. The fourth-order valence-electron chi connectivity index (χ4n) is 2.69. The lowest BCUT2D eigenvalue weighted by Gasteiger charge is -2.42. The highest BCUT2D eigenvalue weighted by atomic mass is 16.2. The predicted molar refractivity (Wildman–Crippen MR) is 78.2 cm³/mol. The molecule has 2 rings (SSSR count). The summed E-state index contributed by atoms with van der Waals surface area (Å²) in [7, 11) is 2.11. The standard InChI is InChI=1S/C15H23N3O/c1-10-5-13(7-14(16)6-10)15(19)18-8-11(2)17(4)12(3)9-18/h5-7,11-12H,8-9,16H2,1-4H3. The zero-order valence-corrected chi connectivity index (χ0v) is 12.2. The molecule has 1 aliphatic rings. The van der Waals surface area contributed by atoms with Crippen LogP contribution in [0.25, 0.3) is 0 Å². The lowest BCUT2D eigenvalue weighted by molar-refractivity contribution is 0.0414. The summed E-state index contributed by atoms with van der Waals surface area (Å²) >= 11 is 0. The molecule has 4 nitrogen and oxygen atoms in total. The molecule has 1 aromatic rings. The van der Waals surface area contributed by atoms with Crippen molar-refractivity contribution in [3.63, 3.8) is 0 Å². The molecule has 104 valence electrons. The topological polar surface area (TPSA) is 49.6 Å². The van der Waals surface area contributed by atoms with E-state index in [2.05, 4.69) is 25.8 Å². The van der Waals surface area contributed by atoms with Gasteiger partial charge in [-0.2, -0.15) is 0 Å². The van der Waals surface area contributed by atoms with Crippen LogP contribution in [0.2, 0.25) is 0 Å². The van der Waals surface area contributed by atoms with E-state index < -0.39 is 0 Å². The monoisotopic (exact) mass is 261 g/mol. The maximum atomic E-state index is 12.6. The maximum absolute atomic E-state index is 12.6. The molecule has 0 spiro atoms. The average Bonchev–Trinajstić information content (AvgIpc) is 2.33. The Balaban J connectivity index is 2.20. The van der Waals surface area contributed by atoms with Crippen LogP contribution < -0.4 is 5.73 Å². The highest BCUT2D eigenvalue weighted by Crippen LogP contribution is 2.18. The summed E-state index contributed by atoms with van der Waals surface area (Å²) in [5, 5.41) is 0. The van der Waals surface area contributed by atoms with E-state index in [-0.39, 0.29) is 5.91 Å². The molecule has 1 amide bonds. The van der Waals surface area contributed by atoms with Crippen LogP contribution in [0, 0.1) is 6.92 Å². The number of nitrogen functional groups attached to an aromatic ring is 1. The number of carbonyl (C=O) groups is 1. The molecule has 4 heteroatoms. The van der Waals surface area contributed by atoms with Gasteiger partial charge in [-0.15, -0.1) is 0 Å². The summed E-state index contributed by atoms with van der Waals surface area (Å²) in [6, 6.07) is 6.33. The van der Waals surface area contributed by atoms with Crippen LogP contribution in [0.4, 0.5) is 5.69 Å². The molecule has 1 aliphatic heterocycles. The van der Waals surface area contributed by atoms with Gasteiger partial charge in [0.2, 0.25) is 0 Å². The minimum Gasteiger partial charge on any atom is -0.399 e. The molecule has 2 unspecified atom stereocenters. The van der Waals surface area contributed by atoms with Crippen LogP contribution in [-0.4, -0.2) is 47.9 Å². The molecule has 1 saturated heterocycles. The van der Waals surface area contributed by atoms with E-state index in [1.54, 1.807) is 6.07 Å². The first-order chi connectivity index (χ1) is 8.88. The zero-order chi connectivity index (χ0) is 14.2. The Kier molecular flexibility index (Phi) is 3.80. The Morgan fingerprint density at radius 3 is 2.32 bits per heavy atom. The average molecular weight is 261 g/mol. The summed E-state index contributed by atoms with van der Waals surface area (Å²) in [6.45, 7) is 7.81. The number of piperazine rings is 1. The lowest BCUT2D eigenvalue weighted by atomic mass is 10.1. The smallest absolute Gasteiger partial charge is 0.254 e. The van der Waals surface area contributed by atoms with E-state index in [1.807, 2.05) is 24.0 Å². The van der Waals surface area contributed by atoms with Gasteiger partial charge in [-0.1, -0.05) is 0 Å². The molecule has 0 aromatic heterocycles. The van der Waals surface area contributed by atoms with E-state index in [0.29, 0.717) is 23.3 Å². The molecule has 0 bridgehead atoms. The number of benzene rings is 1. The normalized spacial score (nSPS) is 24.5. The molecule has 0 saturated carbocycles. The van der Waals surface area contributed by atoms with Gasteiger partial charge >= 0.3 is 0 Å². The quantitative estimate of drug-likeness (QED) is 0.783. The number of nitrogens with zero attached hydrogens (tertiary/aromatic N) is 2. The zero-order valence-electron chi connectivity index (χ0n) is 12.2. The first-order valence-electron chi connectivity index (χ1n) is 6.77. The van der Waals surface area contributed by atoms with Crippen LogP contribution in [0.5, 0.6) is 0 Å². The van der Waals surface area contributed by atoms with E-state index in [4.69, 9.17) is 5.73 Å². The molecule has 1 aromatic carbocycles. The second kappa shape index (κ2) is 5.21. The van der Waals surface area contributed by atoms with Crippen molar-refractivity contribution in [2.24, 2.45) is 0 Å². The number of likely N-dealkylation sites (N-methyl/N-ethyl adjacent to an activating group) is 1. The van der Waals surface area contributed by atoms with Crippen LogP contribution in [-0.2, 0) is 0 Å². The molecule has 2 N–H and O–H groups in total. The van der Waals surface area contributed by atoms with Crippen molar-refractivity contribution in [2.75, 3.05) is 25.9 Å². The van der Waals surface area contributed by atoms with Gasteiger partial charge in [-0.05, 0) is 51.6 Å². The fourth-order valence-corrected chi connectivity index (χ4v) is 2.69. The van der Waals surface area contributed by atoms with Gasteiger partial charge in [0, 0.05) is 36.4 Å². The predicted octanol–water partition coefficient (Wildman–Crippen LogP) is 1.74. The van der Waals surface area contributed by atoms with Crippen molar-refractivity contribution in [3.8, 4) is 0 Å². The Morgan fingerprint density at radius 1 is 1.21 bits per heavy atom. The number of aryl methyl sites for hydroxylation is 1. The number of hydrogen-bond donors (Lipinski definition) is 1. The highest BCUT2D eigenvalue weighted by Gasteiger charge is 2.29. The molecule has 2 atom stereocenters. The molecule has 1 heterocycles. The van der Waals surface area contributed by atoms with E-state index in [9.17, 15) is 4.79 Å². The maximum Gasteiger partial charge on any atom is 0.254 e. The third-order valence-corrected chi connectivity index (χ3v) is 3.99. The van der Waals surface area contributed by atoms with Gasteiger partial charge in [-0.25, -0.2) is 0 Å². The number of amides is 1.